The fourth-order valence-electron chi connectivity index (χ4n) is 2.89. The molecule has 9 heteroatoms. The number of hydrogen-bond donors (Lipinski definition) is 1. The van der Waals surface area contributed by atoms with Crippen LogP contribution in [0.3, 0.4) is 0 Å². The van der Waals surface area contributed by atoms with Crippen LogP contribution in [0.1, 0.15) is 16.8 Å². The zero-order valence-corrected chi connectivity index (χ0v) is 16.2. The van der Waals surface area contributed by atoms with Gasteiger partial charge in [-0.25, -0.2) is 13.2 Å². The summed E-state index contributed by atoms with van der Waals surface area (Å²) in [5.41, 5.74) is 1.26. The van der Waals surface area contributed by atoms with Crippen LogP contribution in [0.5, 0.6) is 5.75 Å². The van der Waals surface area contributed by atoms with Gasteiger partial charge in [0.25, 0.3) is 5.91 Å². The third-order valence-corrected chi connectivity index (χ3v) is 5.44. The van der Waals surface area contributed by atoms with E-state index in [9.17, 15) is 18.0 Å². The Kier molecular flexibility index (Phi) is 5.55. The molecule has 0 aromatic heterocycles. The molecule has 1 aliphatic heterocycles. The van der Waals surface area contributed by atoms with Crippen molar-refractivity contribution in [2.45, 2.75) is 12.5 Å². The highest BCUT2D eigenvalue weighted by molar-refractivity contribution is 7.92. The highest BCUT2D eigenvalue weighted by atomic mass is 32.2. The van der Waals surface area contributed by atoms with Gasteiger partial charge in [-0.3, -0.25) is 9.10 Å². The molecule has 1 heterocycles. The number of sulfonamides is 1. The van der Waals surface area contributed by atoms with Crippen LogP contribution in [-0.4, -0.2) is 46.3 Å². The normalized spacial score (nSPS) is 16.4. The van der Waals surface area contributed by atoms with Gasteiger partial charge in [-0.05, 0) is 36.4 Å². The largest absolute Gasteiger partial charge is 0.478 e. The predicted molar refractivity (Wildman–Crippen MR) is 104 cm³/mol. The maximum absolute atomic E-state index is 12.7. The topological polar surface area (TPSA) is 102 Å². The number of esters is 1. The van der Waals surface area contributed by atoms with E-state index < -0.39 is 28.0 Å². The van der Waals surface area contributed by atoms with E-state index in [4.69, 9.17) is 4.74 Å². The number of carbonyl (C=O) groups excluding carboxylic acids is 2. The van der Waals surface area contributed by atoms with Gasteiger partial charge in [-0.1, -0.05) is 12.1 Å². The summed E-state index contributed by atoms with van der Waals surface area (Å²) in [5, 5.41) is 2.72. The molecule has 1 amide bonds. The highest BCUT2D eigenvalue weighted by Crippen LogP contribution is 2.34. The number of nitrogens with one attached hydrogen (secondary N) is 1. The Morgan fingerprint density at radius 3 is 2.46 bits per heavy atom. The number of para-hydroxylation sites is 2. The number of fused-ring (bicyclic) bond motifs is 1. The van der Waals surface area contributed by atoms with E-state index in [1.807, 2.05) is 0 Å². The van der Waals surface area contributed by atoms with Crippen LogP contribution in [-0.2, 0) is 19.6 Å². The molecule has 2 aromatic rings. The molecule has 1 aliphatic rings. The molecule has 0 saturated carbocycles. The van der Waals surface area contributed by atoms with Gasteiger partial charge in [0, 0.05) is 18.7 Å². The second-order valence-corrected chi connectivity index (χ2v) is 8.16. The van der Waals surface area contributed by atoms with Crippen LogP contribution < -0.4 is 14.4 Å². The van der Waals surface area contributed by atoms with E-state index in [1.165, 1.54) is 23.5 Å². The molecule has 3 rings (SSSR count). The number of ether oxygens (including phenoxy) is 2. The summed E-state index contributed by atoms with van der Waals surface area (Å²) in [5.74, 6) is -0.551. The van der Waals surface area contributed by atoms with Crippen molar-refractivity contribution < 1.29 is 27.5 Å². The quantitative estimate of drug-likeness (QED) is 0.783. The van der Waals surface area contributed by atoms with Gasteiger partial charge in [0.2, 0.25) is 10.0 Å². The van der Waals surface area contributed by atoms with Gasteiger partial charge in [-0.2, -0.15) is 0 Å². The Labute approximate surface area is 163 Å². The Morgan fingerprint density at radius 2 is 1.82 bits per heavy atom. The molecule has 0 spiro atoms. The Bertz CT molecular complexity index is 988. The molecule has 28 heavy (non-hydrogen) atoms. The summed E-state index contributed by atoms with van der Waals surface area (Å²) in [6.07, 6.45) is 0.439. The highest BCUT2D eigenvalue weighted by Gasteiger charge is 2.31. The maximum atomic E-state index is 12.7. The average molecular weight is 404 g/mol. The van der Waals surface area contributed by atoms with E-state index in [0.29, 0.717) is 22.7 Å². The first-order valence-corrected chi connectivity index (χ1v) is 10.4. The molecule has 0 aliphatic carbocycles. The summed E-state index contributed by atoms with van der Waals surface area (Å²) < 4.78 is 35.9. The van der Waals surface area contributed by atoms with Crippen molar-refractivity contribution in [1.29, 1.82) is 0 Å². The number of anilines is 2. The van der Waals surface area contributed by atoms with Crippen molar-refractivity contribution in [3.63, 3.8) is 0 Å². The van der Waals surface area contributed by atoms with E-state index in [-0.39, 0.29) is 13.0 Å². The molecule has 1 atom stereocenters. The van der Waals surface area contributed by atoms with Gasteiger partial charge in [0.1, 0.15) is 5.75 Å². The van der Waals surface area contributed by atoms with E-state index >= 15 is 0 Å². The lowest BCUT2D eigenvalue weighted by Crippen LogP contribution is -2.35. The van der Waals surface area contributed by atoms with Crippen molar-refractivity contribution >= 4 is 33.3 Å². The van der Waals surface area contributed by atoms with Crippen LogP contribution in [0.25, 0.3) is 0 Å². The van der Waals surface area contributed by atoms with Crippen LogP contribution in [0, 0.1) is 0 Å². The number of rotatable bonds is 4. The first-order chi connectivity index (χ1) is 13.3. The summed E-state index contributed by atoms with van der Waals surface area (Å²) in [7, 11) is -2.22. The van der Waals surface area contributed by atoms with Crippen LogP contribution in [0.4, 0.5) is 11.4 Å². The second-order valence-electron chi connectivity index (χ2n) is 6.26. The van der Waals surface area contributed by atoms with E-state index in [1.54, 1.807) is 36.4 Å². The standard InChI is InChI=1S/C19H20N2O6S/c1-26-19(23)13-7-9-14(10-8-13)20-18(22)17-11-12-21(28(2,24)25)15-5-3-4-6-16(15)27-17/h3-10,17H,11-12H2,1-2H3,(H,20,22). The molecule has 0 fully saturated rings. The first kappa shape index (κ1) is 19.7. The molecule has 0 saturated heterocycles. The van der Waals surface area contributed by atoms with Crippen molar-refractivity contribution in [3.8, 4) is 5.75 Å². The van der Waals surface area contributed by atoms with Gasteiger partial charge >= 0.3 is 5.97 Å². The second kappa shape index (κ2) is 7.89. The number of hydrogen-bond acceptors (Lipinski definition) is 6. The SMILES string of the molecule is COC(=O)c1ccc(NC(=O)C2CCN(S(C)(=O)=O)c3ccccc3O2)cc1. The lowest BCUT2D eigenvalue weighted by atomic mass is 10.2. The number of methoxy groups -OCH3 is 1. The summed E-state index contributed by atoms with van der Waals surface area (Å²) in [4.78, 5) is 24.1. The van der Waals surface area contributed by atoms with Crippen molar-refractivity contribution in [3.05, 3.63) is 54.1 Å². The third kappa shape index (κ3) is 4.25. The maximum Gasteiger partial charge on any atom is 0.337 e. The third-order valence-electron chi connectivity index (χ3n) is 4.26. The van der Waals surface area contributed by atoms with Crippen LogP contribution in [0.15, 0.2) is 48.5 Å². The Hall–Kier alpha value is -3.07. The first-order valence-electron chi connectivity index (χ1n) is 8.52. The molecular formula is C19H20N2O6S. The van der Waals surface area contributed by atoms with E-state index in [0.717, 1.165) is 6.26 Å². The van der Waals surface area contributed by atoms with Gasteiger partial charge < -0.3 is 14.8 Å². The number of carbonyl (C=O) groups is 2. The summed E-state index contributed by atoms with van der Waals surface area (Å²) >= 11 is 0. The average Bonchev–Trinajstić information content (AvgIpc) is 2.87. The fourth-order valence-corrected chi connectivity index (χ4v) is 3.83. The van der Waals surface area contributed by atoms with Crippen molar-refractivity contribution in [1.82, 2.24) is 0 Å². The summed E-state index contributed by atoms with van der Waals surface area (Å²) in [6.45, 7) is 0.120. The van der Waals surface area contributed by atoms with Crippen molar-refractivity contribution in [2.75, 3.05) is 29.5 Å². The molecule has 1 unspecified atom stereocenters. The molecule has 0 radical (unpaired) electrons. The molecule has 1 N–H and O–H groups in total. The van der Waals surface area contributed by atoms with Gasteiger partial charge in [0.15, 0.2) is 6.10 Å². The molecule has 8 nitrogen and oxygen atoms in total. The summed E-state index contributed by atoms with van der Waals surface area (Å²) in [6, 6.07) is 12.9. The van der Waals surface area contributed by atoms with E-state index in [2.05, 4.69) is 10.1 Å². The van der Waals surface area contributed by atoms with Crippen molar-refractivity contribution in [2.24, 2.45) is 0 Å². The Morgan fingerprint density at radius 1 is 1.14 bits per heavy atom. The zero-order chi connectivity index (χ0) is 20.3. The minimum Gasteiger partial charge on any atom is -0.478 e. The molecule has 2 aromatic carbocycles. The minimum atomic E-state index is -3.51. The smallest absolute Gasteiger partial charge is 0.337 e. The number of amides is 1. The minimum absolute atomic E-state index is 0.120. The zero-order valence-electron chi connectivity index (χ0n) is 15.4. The molecular weight excluding hydrogens is 384 g/mol. The Balaban J connectivity index is 1.77. The van der Waals surface area contributed by atoms with Crippen LogP contribution in [0.2, 0.25) is 0 Å². The van der Waals surface area contributed by atoms with Crippen LogP contribution >= 0.6 is 0 Å². The van der Waals surface area contributed by atoms with Gasteiger partial charge in [-0.15, -0.1) is 0 Å². The lowest BCUT2D eigenvalue weighted by molar-refractivity contribution is -0.122. The number of benzene rings is 2. The predicted octanol–water partition coefficient (Wildman–Crippen LogP) is 2.03. The molecule has 0 bridgehead atoms. The molecule has 148 valence electrons. The lowest BCUT2D eigenvalue weighted by Gasteiger charge is -2.20. The fraction of sp³-hybridized carbons (Fsp3) is 0.263. The number of nitrogens with zero attached hydrogens (tertiary/aromatic N) is 1. The monoisotopic (exact) mass is 404 g/mol. The van der Waals surface area contributed by atoms with Gasteiger partial charge in [0.05, 0.1) is 24.6 Å².